The summed E-state index contributed by atoms with van der Waals surface area (Å²) in [5, 5.41) is 0.983. The van der Waals surface area contributed by atoms with E-state index < -0.39 is 0 Å². The van der Waals surface area contributed by atoms with Gasteiger partial charge in [0.1, 0.15) is 15.4 Å². The van der Waals surface area contributed by atoms with Gasteiger partial charge in [0.25, 0.3) is 0 Å². The number of hydrogen-bond donors (Lipinski definition) is 1. The summed E-state index contributed by atoms with van der Waals surface area (Å²) in [4.78, 5) is 9.61. The fourth-order valence-electron chi connectivity index (χ4n) is 1.12. The lowest BCUT2D eigenvalue weighted by atomic mass is 10.2. The Morgan fingerprint density at radius 3 is 3.15 bits per heavy atom. The number of nitrogens with two attached hydrogens (primary N) is 1. The van der Waals surface area contributed by atoms with E-state index in [4.69, 9.17) is 5.73 Å². The molecule has 0 aliphatic rings. The van der Waals surface area contributed by atoms with E-state index >= 15 is 0 Å². The van der Waals surface area contributed by atoms with Gasteiger partial charge in [-0.1, -0.05) is 18.3 Å². The van der Waals surface area contributed by atoms with Gasteiger partial charge < -0.3 is 5.73 Å². The van der Waals surface area contributed by atoms with Crippen molar-refractivity contribution in [3.05, 3.63) is 23.3 Å². The molecular weight excluding hydrogens is 182 g/mol. The van der Waals surface area contributed by atoms with Crippen LogP contribution in [0.2, 0.25) is 0 Å². The molecule has 2 N–H and O–H groups in total. The summed E-state index contributed by atoms with van der Waals surface area (Å²) >= 11 is 1.58. The monoisotopic (exact) mass is 193 g/mol. The zero-order chi connectivity index (χ0) is 9.26. The zero-order valence-corrected chi connectivity index (χ0v) is 8.21. The van der Waals surface area contributed by atoms with Crippen LogP contribution in [0.3, 0.4) is 0 Å². The number of fused-ring (bicyclic) bond motifs is 1. The second-order valence-corrected chi connectivity index (χ2v) is 3.90. The molecule has 0 saturated heterocycles. The second kappa shape index (κ2) is 3.40. The predicted molar refractivity (Wildman–Crippen MR) is 54.6 cm³/mol. The molecule has 2 aromatic rings. The molecule has 0 radical (unpaired) electrons. The Labute approximate surface area is 80.6 Å². The standard InChI is InChI=1S/C9H11N3S/c1-2-6(10)8-12-7-4-3-5-11-9(7)13-8/h3-6H,2,10H2,1H3. The third-order valence-electron chi connectivity index (χ3n) is 1.94. The van der Waals surface area contributed by atoms with Gasteiger partial charge in [-0.15, -0.1) is 0 Å². The average Bonchev–Trinajstić information content (AvgIpc) is 2.59. The van der Waals surface area contributed by atoms with Crippen molar-refractivity contribution < 1.29 is 0 Å². The first-order chi connectivity index (χ1) is 6.31. The van der Waals surface area contributed by atoms with E-state index in [1.165, 1.54) is 0 Å². The lowest BCUT2D eigenvalue weighted by Gasteiger charge is -2.01. The quantitative estimate of drug-likeness (QED) is 0.794. The average molecular weight is 193 g/mol. The van der Waals surface area contributed by atoms with Crippen LogP contribution >= 0.6 is 11.3 Å². The molecule has 68 valence electrons. The van der Waals surface area contributed by atoms with Gasteiger partial charge in [0.2, 0.25) is 0 Å². The Morgan fingerprint density at radius 2 is 2.46 bits per heavy atom. The SMILES string of the molecule is CCC(N)c1nc2cccnc2s1. The molecule has 0 amide bonds. The Hall–Kier alpha value is -1.00. The number of rotatable bonds is 2. The highest BCUT2D eigenvalue weighted by Crippen LogP contribution is 2.24. The molecule has 0 aromatic carbocycles. The number of aromatic nitrogens is 2. The van der Waals surface area contributed by atoms with Crippen molar-refractivity contribution in [2.75, 3.05) is 0 Å². The fraction of sp³-hybridized carbons (Fsp3) is 0.333. The third-order valence-corrected chi connectivity index (χ3v) is 3.05. The maximum atomic E-state index is 5.88. The van der Waals surface area contributed by atoms with Gasteiger partial charge in [0.05, 0.1) is 6.04 Å². The Bertz CT molecular complexity index is 377. The van der Waals surface area contributed by atoms with E-state index in [0.29, 0.717) is 0 Å². The molecule has 2 rings (SSSR count). The van der Waals surface area contributed by atoms with Gasteiger partial charge in [-0.05, 0) is 18.6 Å². The highest BCUT2D eigenvalue weighted by atomic mass is 32.1. The van der Waals surface area contributed by atoms with Crippen molar-refractivity contribution in [2.24, 2.45) is 5.73 Å². The first-order valence-electron chi connectivity index (χ1n) is 4.28. The molecule has 0 saturated carbocycles. The van der Waals surface area contributed by atoms with Gasteiger partial charge in [-0.3, -0.25) is 0 Å². The maximum absolute atomic E-state index is 5.88. The van der Waals surface area contributed by atoms with E-state index in [2.05, 4.69) is 16.9 Å². The largest absolute Gasteiger partial charge is 0.322 e. The molecule has 0 fully saturated rings. The normalized spacial score (nSPS) is 13.4. The van der Waals surface area contributed by atoms with Crippen LogP contribution in [0.1, 0.15) is 24.4 Å². The van der Waals surface area contributed by atoms with Crippen LogP contribution in [0, 0.1) is 0 Å². The molecule has 13 heavy (non-hydrogen) atoms. The minimum Gasteiger partial charge on any atom is -0.322 e. The van der Waals surface area contributed by atoms with Crippen LogP contribution in [0.5, 0.6) is 0 Å². The molecule has 0 bridgehead atoms. The second-order valence-electron chi connectivity index (χ2n) is 2.89. The van der Waals surface area contributed by atoms with Crippen LogP contribution < -0.4 is 5.73 Å². The molecular formula is C9H11N3S. The van der Waals surface area contributed by atoms with Crippen molar-refractivity contribution in [2.45, 2.75) is 19.4 Å². The number of pyridine rings is 1. The molecule has 2 heterocycles. The van der Waals surface area contributed by atoms with Crippen molar-refractivity contribution in [1.82, 2.24) is 9.97 Å². The summed E-state index contributed by atoms with van der Waals surface area (Å²) in [5.74, 6) is 0. The van der Waals surface area contributed by atoms with Crippen LogP contribution in [0.4, 0.5) is 0 Å². The lowest BCUT2D eigenvalue weighted by Crippen LogP contribution is -2.07. The third kappa shape index (κ3) is 1.55. The van der Waals surface area contributed by atoms with Gasteiger partial charge in [0.15, 0.2) is 0 Å². The number of hydrogen-bond acceptors (Lipinski definition) is 4. The first-order valence-corrected chi connectivity index (χ1v) is 5.10. The Balaban J connectivity index is 2.49. The molecule has 0 aliphatic carbocycles. The maximum Gasteiger partial charge on any atom is 0.143 e. The van der Waals surface area contributed by atoms with Crippen LogP contribution in [-0.2, 0) is 0 Å². The van der Waals surface area contributed by atoms with E-state index in [9.17, 15) is 0 Å². The Kier molecular flexibility index (Phi) is 2.24. The van der Waals surface area contributed by atoms with Crippen molar-refractivity contribution >= 4 is 21.7 Å². The molecule has 1 unspecified atom stereocenters. The molecule has 1 atom stereocenters. The van der Waals surface area contributed by atoms with Crippen molar-refractivity contribution in [3.63, 3.8) is 0 Å². The highest BCUT2D eigenvalue weighted by Gasteiger charge is 2.09. The van der Waals surface area contributed by atoms with Crippen LogP contribution in [0.15, 0.2) is 18.3 Å². The van der Waals surface area contributed by atoms with Gasteiger partial charge in [-0.25, -0.2) is 9.97 Å². The van der Waals surface area contributed by atoms with Crippen molar-refractivity contribution in [1.29, 1.82) is 0 Å². The summed E-state index contributed by atoms with van der Waals surface area (Å²) in [6.07, 6.45) is 2.70. The zero-order valence-electron chi connectivity index (χ0n) is 7.40. The van der Waals surface area contributed by atoms with Gasteiger partial charge in [0, 0.05) is 6.20 Å². The molecule has 0 spiro atoms. The Morgan fingerprint density at radius 1 is 1.62 bits per heavy atom. The molecule has 4 heteroatoms. The van der Waals surface area contributed by atoms with E-state index in [-0.39, 0.29) is 6.04 Å². The summed E-state index contributed by atoms with van der Waals surface area (Å²) in [7, 11) is 0. The molecule has 0 aliphatic heterocycles. The summed E-state index contributed by atoms with van der Waals surface area (Å²) in [6, 6.07) is 3.91. The van der Waals surface area contributed by atoms with Gasteiger partial charge in [-0.2, -0.15) is 0 Å². The minimum atomic E-state index is 0.0548. The lowest BCUT2D eigenvalue weighted by molar-refractivity contribution is 0.694. The number of thiazole rings is 1. The van der Waals surface area contributed by atoms with Crippen LogP contribution in [0.25, 0.3) is 10.3 Å². The predicted octanol–water partition coefficient (Wildman–Crippen LogP) is 2.10. The minimum absolute atomic E-state index is 0.0548. The van der Waals surface area contributed by atoms with Gasteiger partial charge >= 0.3 is 0 Å². The molecule has 2 aromatic heterocycles. The van der Waals surface area contributed by atoms with Crippen molar-refractivity contribution in [3.8, 4) is 0 Å². The van der Waals surface area contributed by atoms with E-state index in [1.807, 2.05) is 12.1 Å². The highest BCUT2D eigenvalue weighted by molar-refractivity contribution is 7.18. The van der Waals surface area contributed by atoms with Crippen LogP contribution in [-0.4, -0.2) is 9.97 Å². The molecule has 3 nitrogen and oxygen atoms in total. The number of nitrogens with zero attached hydrogens (tertiary/aromatic N) is 2. The first kappa shape index (κ1) is 8.59. The van der Waals surface area contributed by atoms with E-state index in [1.54, 1.807) is 17.5 Å². The van der Waals surface area contributed by atoms with E-state index in [0.717, 1.165) is 21.8 Å². The smallest absolute Gasteiger partial charge is 0.143 e. The summed E-state index contributed by atoms with van der Waals surface area (Å²) in [6.45, 7) is 2.06. The topological polar surface area (TPSA) is 51.8 Å². The fourth-order valence-corrected chi connectivity index (χ4v) is 2.11. The summed E-state index contributed by atoms with van der Waals surface area (Å²) in [5.41, 5.74) is 6.83. The summed E-state index contributed by atoms with van der Waals surface area (Å²) < 4.78 is 0.